The highest BCUT2D eigenvalue weighted by molar-refractivity contribution is 6.02. The molecule has 3 rings (SSSR count). The van der Waals surface area contributed by atoms with E-state index in [2.05, 4.69) is 15.5 Å². The molecular formula is C18H25N3O4. The molecule has 2 aliphatic rings. The predicted octanol–water partition coefficient (Wildman–Crippen LogP) is 1.25. The maximum absolute atomic E-state index is 12.5. The number of esters is 1. The number of hydrogen-bond acceptors (Lipinski definition) is 6. The molecule has 7 heteroatoms. The smallest absolute Gasteiger partial charge is 0.340 e. The maximum Gasteiger partial charge on any atom is 0.340 e. The van der Waals surface area contributed by atoms with Crippen LogP contribution >= 0.6 is 0 Å². The Morgan fingerprint density at radius 1 is 1.24 bits per heavy atom. The van der Waals surface area contributed by atoms with Crippen molar-refractivity contribution in [3.05, 3.63) is 23.8 Å². The number of nitrogens with zero attached hydrogens (tertiary/aromatic N) is 1. The summed E-state index contributed by atoms with van der Waals surface area (Å²) in [6.45, 7) is 4.59. The van der Waals surface area contributed by atoms with Crippen LogP contribution < -0.4 is 15.5 Å². The normalized spacial score (nSPS) is 18.7. The third-order valence-corrected chi connectivity index (χ3v) is 4.75. The Morgan fingerprint density at radius 2 is 1.96 bits per heavy atom. The molecular weight excluding hydrogens is 322 g/mol. The molecule has 0 radical (unpaired) electrons. The van der Waals surface area contributed by atoms with Crippen molar-refractivity contribution in [2.45, 2.75) is 12.8 Å². The van der Waals surface area contributed by atoms with Gasteiger partial charge in [0.1, 0.15) is 0 Å². The monoisotopic (exact) mass is 347 g/mol. The number of methoxy groups -OCH3 is 1. The minimum Gasteiger partial charge on any atom is -0.465 e. The van der Waals surface area contributed by atoms with Crippen LogP contribution in [-0.2, 0) is 14.3 Å². The Morgan fingerprint density at radius 3 is 2.64 bits per heavy atom. The fourth-order valence-electron chi connectivity index (χ4n) is 3.26. The van der Waals surface area contributed by atoms with Crippen molar-refractivity contribution in [2.24, 2.45) is 5.92 Å². The summed E-state index contributed by atoms with van der Waals surface area (Å²) in [4.78, 5) is 26.9. The van der Waals surface area contributed by atoms with E-state index in [9.17, 15) is 9.59 Å². The zero-order valence-corrected chi connectivity index (χ0v) is 14.5. The Labute approximate surface area is 147 Å². The molecule has 0 spiro atoms. The lowest BCUT2D eigenvalue weighted by atomic mass is 9.97. The van der Waals surface area contributed by atoms with E-state index in [0.717, 1.165) is 44.7 Å². The summed E-state index contributed by atoms with van der Waals surface area (Å²) in [5.74, 6) is -0.507. The highest BCUT2D eigenvalue weighted by Gasteiger charge is 2.23. The van der Waals surface area contributed by atoms with E-state index in [-0.39, 0.29) is 11.8 Å². The maximum atomic E-state index is 12.5. The molecule has 2 N–H and O–H groups in total. The van der Waals surface area contributed by atoms with Crippen molar-refractivity contribution in [3.8, 4) is 0 Å². The average molecular weight is 347 g/mol. The van der Waals surface area contributed by atoms with E-state index >= 15 is 0 Å². The lowest BCUT2D eigenvalue weighted by Crippen LogP contribution is -2.36. The zero-order chi connectivity index (χ0) is 17.6. The van der Waals surface area contributed by atoms with Crippen LogP contribution in [0, 0.1) is 5.92 Å². The number of rotatable bonds is 4. The van der Waals surface area contributed by atoms with Gasteiger partial charge >= 0.3 is 5.97 Å². The van der Waals surface area contributed by atoms with Crippen LogP contribution in [0.4, 0.5) is 11.4 Å². The molecule has 1 amide bonds. The van der Waals surface area contributed by atoms with Crippen molar-refractivity contribution < 1.29 is 19.1 Å². The Balaban J connectivity index is 1.79. The summed E-state index contributed by atoms with van der Waals surface area (Å²) in [6.07, 6.45) is 1.62. The molecule has 0 bridgehead atoms. The lowest BCUT2D eigenvalue weighted by Gasteiger charge is -2.29. The van der Waals surface area contributed by atoms with Gasteiger partial charge in [0.15, 0.2) is 0 Å². The summed E-state index contributed by atoms with van der Waals surface area (Å²) in [5.41, 5.74) is 1.82. The molecule has 0 unspecified atom stereocenters. The fraction of sp³-hybridized carbons (Fsp3) is 0.556. The largest absolute Gasteiger partial charge is 0.465 e. The second-order valence-electron chi connectivity index (χ2n) is 6.33. The second kappa shape index (κ2) is 8.31. The first-order chi connectivity index (χ1) is 12.2. The van der Waals surface area contributed by atoms with Crippen LogP contribution in [0.25, 0.3) is 0 Å². The molecule has 0 aliphatic carbocycles. The van der Waals surface area contributed by atoms with Gasteiger partial charge < -0.3 is 25.0 Å². The number of piperidine rings is 1. The van der Waals surface area contributed by atoms with Gasteiger partial charge in [-0.25, -0.2) is 4.79 Å². The first-order valence-electron chi connectivity index (χ1n) is 8.75. The second-order valence-corrected chi connectivity index (χ2v) is 6.33. The molecule has 1 aromatic rings. The number of morpholine rings is 1. The van der Waals surface area contributed by atoms with Crippen LogP contribution in [0.1, 0.15) is 23.2 Å². The standard InChI is InChI=1S/C18H25N3O4/c1-24-18(23)15-12-14(21-8-10-25-11-9-21)2-3-16(15)20-17(22)13-4-6-19-7-5-13/h2-3,12-13,19H,4-11H2,1H3,(H,20,22). The lowest BCUT2D eigenvalue weighted by molar-refractivity contribution is -0.120. The van der Waals surface area contributed by atoms with Gasteiger partial charge in [0.25, 0.3) is 0 Å². The minimum atomic E-state index is -0.448. The quantitative estimate of drug-likeness (QED) is 0.798. The van der Waals surface area contributed by atoms with Crippen molar-refractivity contribution >= 4 is 23.3 Å². The van der Waals surface area contributed by atoms with E-state index < -0.39 is 5.97 Å². The van der Waals surface area contributed by atoms with Gasteiger partial charge in [-0.2, -0.15) is 0 Å². The van der Waals surface area contributed by atoms with Crippen molar-refractivity contribution in [2.75, 3.05) is 56.7 Å². The van der Waals surface area contributed by atoms with E-state index in [4.69, 9.17) is 9.47 Å². The highest BCUT2D eigenvalue weighted by atomic mass is 16.5. The SMILES string of the molecule is COC(=O)c1cc(N2CCOCC2)ccc1NC(=O)C1CCNCC1. The number of carbonyl (C=O) groups excluding carboxylic acids is 2. The molecule has 2 saturated heterocycles. The van der Waals surface area contributed by atoms with E-state index in [1.165, 1.54) is 7.11 Å². The molecule has 136 valence electrons. The van der Waals surface area contributed by atoms with Crippen molar-refractivity contribution in [1.82, 2.24) is 5.32 Å². The van der Waals surface area contributed by atoms with E-state index in [1.54, 1.807) is 12.1 Å². The molecule has 2 fully saturated rings. The summed E-state index contributed by atoms with van der Waals surface area (Å²) < 4.78 is 10.3. The number of benzene rings is 1. The van der Waals surface area contributed by atoms with Crippen molar-refractivity contribution in [3.63, 3.8) is 0 Å². The van der Waals surface area contributed by atoms with Crippen LogP contribution in [0.15, 0.2) is 18.2 Å². The number of nitrogens with one attached hydrogen (secondary N) is 2. The topological polar surface area (TPSA) is 79.9 Å². The Bertz CT molecular complexity index is 623. The first kappa shape index (κ1) is 17.7. The number of anilines is 2. The minimum absolute atomic E-state index is 0.0225. The third kappa shape index (κ3) is 4.29. The van der Waals surface area contributed by atoms with Gasteiger partial charge in [0.05, 0.1) is 31.6 Å². The Kier molecular flexibility index (Phi) is 5.88. The summed E-state index contributed by atoms with van der Waals surface area (Å²) in [6, 6.07) is 5.50. The first-order valence-corrected chi connectivity index (χ1v) is 8.75. The van der Waals surface area contributed by atoms with Crippen LogP contribution in [0.2, 0.25) is 0 Å². The predicted molar refractivity (Wildman–Crippen MR) is 95.0 cm³/mol. The van der Waals surface area contributed by atoms with Crippen LogP contribution in [0.5, 0.6) is 0 Å². The Hall–Kier alpha value is -2.12. The van der Waals surface area contributed by atoms with Gasteiger partial charge in [-0.1, -0.05) is 0 Å². The molecule has 7 nitrogen and oxygen atoms in total. The number of amides is 1. The van der Waals surface area contributed by atoms with Gasteiger partial charge in [0.2, 0.25) is 5.91 Å². The molecule has 2 heterocycles. The van der Waals surface area contributed by atoms with Gasteiger partial charge in [-0.15, -0.1) is 0 Å². The molecule has 0 atom stereocenters. The van der Waals surface area contributed by atoms with Gasteiger partial charge in [0, 0.05) is 24.7 Å². The molecule has 2 aliphatic heterocycles. The third-order valence-electron chi connectivity index (χ3n) is 4.75. The van der Waals surface area contributed by atoms with Crippen LogP contribution in [0.3, 0.4) is 0 Å². The number of ether oxygens (including phenoxy) is 2. The summed E-state index contributed by atoms with van der Waals surface area (Å²) in [7, 11) is 1.35. The average Bonchev–Trinajstić information content (AvgIpc) is 2.69. The van der Waals surface area contributed by atoms with Crippen LogP contribution in [-0.4, -0.2) is 58.4 Å². The summed E-state index contributed by atoms with van der Waals surface area (Å²) in [5, 5.41) is 6.16. The zero-order valence-electron chi connectivity index (χ0n) is 14.5. The summed E-state index contributed by atoms with van der Waals surface area (Å²) >= 11 is 0. The molecule has 0 aromatic heterocycles. The van der Waals surface area contributed by atoms with Gasteiger partial charge in [-0.3, -0.25) is 4.79 Å². The fourth-order valence-corrected chi connectivity index (χ4v) is 3.26. The van der Waals surface area contributed by atoms with E-state index in [1.807, 2.05) is 6.07 Å². The molecule has 1 aromatic carbocycles. The van der Waals surface area contributed by atoms with Gasteiger partial charge in [-0.05, 0) is 44.1 Å². The van der Waals surface area contributed by atoms with Crippen molar-refractivity contribution in [1.29, 1.82) is 0 Å². The molecule has 25 heavy (non-hydrogen) atoms. The number of hydrogen-bond donors (Lipinski definition) is 2. The number of carbonyl (C=O) groups is 2. The van der Waals surface area contributed by atoms with E-state index in [0.29, 0.717) is 24.5 Å². The molecule has 0 saturated carbocycles. The highest BCUT2D eigenvalue weighted by Crippen LogP contribution is 2.26.